The van der Waals surface area contributed by atoms with E-state index in [1.807, 2.05) is 30.3 Å². The van der Waals surface area contributed by atoms with Crippen LogP contribution in [0, 0.1) is 0 Å². The first kappa shape index (κ1) is 11.7. The SMILES string of the molecule is c1ccc(-n2nnnc2SC2CCOCC2)cc1. The van der Waals surface area contributed by atoms with Crippen LogP contribution in [0.4, 0.5) is 0 Å². The minimum atomic E-state index is 0.548. The third-order valence-electron chi connectivity index (χ3n) is 2.88. The monoisotopic (exact) mass is 262 g/mol. The Morgan fingerprint density at radius 1 is 1.17 bits per heavy atom. The molecule has 1 aliphatic heterocycles. The number of tetrazole rings is 1. The highest BCUT2D eigenvalue weighted by Gasteiger charge is 2.19. The second kappa shape index (κ2) is 5.49. The van der Waals surface area contributed by atoms with Crippen LogP contribution in [0.5, 0.6) is 0 Å². The van der Waals surface area contributed by atoms with Crippen molar-refractivity contribution >= 4 is 11.8 Å². The molecule has 2 aromatic rings. The van der Waals surface area contributed by atoms with Crippen LogP contribution in [0.2, 0.25) is 0 Å². The van der Waals surface area contributed by atoms with Gasteiger partial charge in [0.1, 0.15) is 0 Å². The van der Waals surface area contributed by atoms with Crippen molar-refractivity contribution in [1.29, 1.82) is 0 Å². The van der Waals surface area contributed by atoms with Gasteiger partial charge in [-0.05, 0) is 35.4 Å². The summed E-state index contributed by atoms with van der Waals surface area (Å²) in [7, 11) is 0. The molecule has 1 fully saturated rings. The third kappa shape index (κ3) is 2.54. The lowest BCUT2D eigenvalue weighted by Crippen LogP contribution is -2.18. The molecule has 0 saturated carbocycles. The summed E-state index contributed by atoms with van der Waals surface area (Å²) >= 11 is 1.74. The Balaban J connectivity index is 1.79. The molecule has 2 heterocycles. The number of aromatic nitrogens is 4. The molecule has 6 heteroatoms. The van der Waals surface area contributed by atoms with Gasteiger partial charge in [0.15, 0.2) is 0 Å². The van der Waals surface area contributed by atoms with E-state index in [1.165, 1.54) is 0 Å². The van der Waals surface area contributed by atoms with Crippen LogP contribution in [0.3, 0.4) is 0 Å². The van der Waals surface area contributed by atoms with Gasteiger partial charge < -0.3 is 4.74 Å². The van der Waals surface area contributed by atoms with E-state index in [0.717, 1.165) is 36.9 Å². The maximum atomic E-state index is 5.36. The van der Waals surface area contributed by atoms with Crippen LogP contribution in [0.25, 0.3) is 5.69 Å². The second-order valence-electron chi connectivity index (χ2n) is 4.14. The summed E-state index contributed by atoms with van der Waals surface area (Å²) in [6.07, 6.45) is 2.12. The summed E-state index contributed by atoms with van der Waals surface area (Å²) in [6, 6.07) is 9.97. The molecule has 1 aromatic carbocycles. The van der Waals surface area contributed by atoms with Crippen molar-refractivity contribution < 1.29 is 4.74 Å². The van der Waals surface area contributed by atoms with Crippen LogP contribution in [0.15, 0.2) is 35.5 Å². The smallest absolute Gasteiger partial charge is 0.214 e. The Morgan fingerprint density at radius 3 is 2.72 bits per heavy atom. The maximum absolute atomic E-state index is 5.36. The number of hydrogen-bond donors (Lipinski definition) is 0. The molecule has 3 rings (SSSR count). The Kier molecular flexibility index (Phi) is 3.56. The molecule has 0 spiro atoms. The van der Waals surface area contributed by atoms with Gasteiger partial charge in [-0.2, -0.15) is 4.68 Å². The highest BCUT2D eigenvalue weighted by Crippen LogP contribution is 2.28. The van der Waals surface area contributed by atoms with Gasteiger partial charge in [-0.15, -0.1) is 5.10 Å². The van der Waals surface area contributed by atoms with E-state index in [0.29, 0.717) is 5.25 Å². The van der Waals surface area contributed by atoms with Crippen LogP contribution in [-0.4, -0.2) is 38.7 Å². The lowest BCUT2D eigenvalue weighted by molar-refractivity contribution is 0.0999. The average Bonchev–Trinajstić information content (AvgIpc) is 2.89. The fourth-order valence-corrected chi connectivity index (χ4v) is 2.98. The van der Waals surface area contributed by atoms with E-state index in [1.54, 1.807) is 16.4 Å². The van der Waals surface area contributed by atoms with Crippen molar-refractivity contribution in [2.24, 2.45) is 0 Å². The Bertz CT molecular complexity index is 496. The first-order valence-corrected chi connectivity index (χ1v) is 6.89. The molecule has 0 aliphatic carbocycles. The highest BCUT2D eigenvalue weighted by molar-refractivity contribution is 7.99. The van der Waals surface area contributed by atoms with Gasteiger partial charge in [-0.25, -0.2) is 0 Å². The van der Waals surface area contributed by atoms with Gasteiger partial charge in [0.05, 0.1) is 5.69 Å². The van der Waals surface area contributed by atoms with Gasteiger partial charge in [0.2, 0.25) is 5.16 Å². The van der Waals surface area contributed by atoms with Crippen molar-refractivity contribution in [2.75, 3.05) is 13.2 Å². The number of rotatable bonds is 3. The topological polar surface area (TPSA) is 52.8 Å². The van der Waals surface area contributed by atoms with Gasteiger partial charge >= 0.3 is 0 Å². The van der Waals surface area contributed by atoms with E-state index in [2.05, 4.69) is 15.5 Å². The van der Waals surface area contributed by atoms with E-state index >= 15 is 0 Å². The van der Waals surface area contributed by atoms with E-state index in [4.69, 9.17) is 4.74 Å². The molecule has 0 bridgehead atoms. The molecule has 0 unspecified atom stereocenters. The molecule has 0 radical (unpaired) electrons. The Hall–Kier alpha value is -1.40. The summed E-state index contributed by atoms with van der Waals surface area (Å²) in [5.41, 5.74) is 0.997. The predicted molar refractivity (Wildman–Crippen MR) is 68.9 cm³/mol. The zero-order chi connectivity index (χ0) is 12.2. The van der Waals surface area contributed by atoms with E-state index in [9.17, 15) is 0 Å². The quantitative estimate of drug-likeness (QED) is 0.846. The van der Waals surface area contributed by atoms with Crippen LogP contribution < -0.4 is 0 Å². The van der Waals surface area contributed by atoms with Crippen LogP contribution in [0.1, 0.15) is 12.8 Å². The molecule has 18 heavy (non-hydrogen) atoms. The second-order valence-corrected chi connectivity index (χ2v) is 5.41. The minimum Gasteiger partial charge on any atom is -0.381 e. The molecule has 94 valence electrons. The number of nitrogens with zero attached hydrogens (tertiary/aromatic N) is 4. The fraction of sp³-hybridized carbons (Fsp3) is 0.417. The summed E-state index contributed by atoms with van der Waals surface area (Å²) in [5.74, 6) is 0. The molecule has 1 saturated heterocycles. The third-order valence-corrected chi connectivity index (χ3v) is 4.15. The molecule has 5 nitrogen and oxygen atoms in total. The summed E-state index contributed by atoms with van der Waals surface area (Å²) in [6.45, 7) is 1.68. The molecular formula is C12H14N4OS. The van der Waals surface area contributed by atoms with E-state index in [-0.39, 0.29) is 0 Å². The Labute approximate surface area is 110 Å². The van der Waals surface area contributed by atoms with Crippen molar-refractivity contribution in [3.8, 4) is 5.69 Å². The number of ether oxygens (including phenoxy) is 1. The van der Waals surface area contributed by atoms with Gasteiger partial charge in [-0.1, -0.05) is 30.0 Å². The summed E-state index contributed by atoms with van der Waals surface area (Å²) in [5, 5.41) is 13.3. The molecule has 1 aromatic heterocycles. The lowest BCUT2D eigenvalue weighted by Gasteiger charge is -2.20. The molecule has 1 aliphatic rings. The number of thioether (sulfide) groups is 1. The standard InChI is InChI=1S/C12H14N4OS/c1-2-4-10(5-3-1)16-12(13-14-15-16)18-11-6-8-17-9-7-11/h1-5,11H,6-9H2. The maximum Gasteiger partial charge on any atom is 0.214 e. The zero-order valence-electron chi connectivity index (χ0n) is 9.90. The van der Waals surface area contributed by atoms with Crippen LogP contribution >= 0.6 is 11.8 Å². The minimum absolute atomic E-state index is 0.548. The first-order valence-electron chi connectivity index (χ1n) is 6.02. The van der Waals surface area contributed by atoms with Gasteiger partial charge in [-0.3, -0.25) is 0 Å². The number of para-hydroxylation sites is 1. The lowest BCUT2D eigenvalue weighted by atomic mass is 10.2. The van der Waals surface area contributed by atoms with Gasteiger partial charge in [0.25, 0.3) is 0 Å². The highest BCUT2D eigenvalue weighted by atomic mass is 32.2. The summed E-state index contributed by atoms with van der Waals surface area (Å²) in [4.78, 5) is 0. The molecular weight excluding hydrogens is 248 g/mol. The van der Waals surface area contributed by atoms with Gasteiger partial charge in [0, 0.05) is 18.5 Å². The normalized spacial score (nSPS) is 16.9. The fourth-order valence-electron chi connectivity index (χ4n) is 1.93. The number of benzene rings is 1. The zero-order valence-corrected chi connectivity index (χ0v) is 10.7. The largest absolute Gasteiger partial charge is 0.381 e. The summed E-state index contributed by atoms with van der Waals surface area (Å²) < 4.78 is 7.15. The first-order chi connectivity index (χ1) is 8.93. The van der Waals surface area contributed by atoms with Crippen molar-refractivity contribution in [3.63, 3.8) is 0 Å². The number of hydrogen-bond acceptors (Lipinski definition) is 5. The molecule has 0 N–H and O–H groups in total. The van der Waals surface area contributed by atoms with Crippen molar-refractivity contribution in [3.05, 3.63) is 30.3 Å². The average molecular weight is 262 g/mol. The van der Waals surface area contributed by atoms with Crippen molar-refractivity contribution in [1.82, 2.24) is 20.2 Å². The van der Waals surface area contributed by atoms with E-state index < -0.39 is 0 Å². The Morgan fingerprint density at radius 2 is 1.94 bits per heavy atom. The van der Waals surface area contributed by atoms with Crippen LogP contribution in [-0.2, 0) is 4.74 Å². The molecule has 0 atom stereocenters. The predicted octanol–water partition coefficient (Wildman–Crippen LogP) is 1.93. The molecule has 0 amide bonds. The van der Waals surface area contributed by atoms with Crippen molar-refractivity contribution in [2.45, 2.75) is 23.2 Å².